The summed E-state index contributed by atoms with van der Waals surface area (Å²) in [6, 6.07) is 0.944. The third kappa shape index (κ3) is 0.924. The molecule has 0 aliphatic carbocycles. The molecule has 0 saturated carbocycles. The lowest BCUT2D eigenvalue weighted by Crippen LogP contribution is -2.32. The summed E-state index contributed by atoms with van der Waals surface area (Å²) < 4.78 is 0. The van der Waals surface area contributed by atoms with Gasteiger partial charge in [-0.15, -0.1) is 0 Å². The largest absolute Gasteiger partial charge is 0.326 e. The van der Waals surface area contributed by atoms with Gasteiger partial charge in [0.15, 0.2) is 0 Å². The van der Waals surface area contributed by atoms with Crippen molar-refractivity contribution >= 4 is 0 Å². The molecule has 42 valence electrons. The second kappa shape index (κ2) is 1.80. The van der Waals surface area contributed by atoms with Gasteiger partial charge in [-0.1, -0.05) is 0 Å². The van der Waals surface area contributed by atoms with Crippen molar-refractivity contribution in [1.29, 1.82) is 0 Å². The Bertz CT molecular complexity index is 55.1. The lowest BCUT2D eigenvalue weighted by Gasteiger charge is -2.06. The van der Waals surface area contributed by atoms with E-state index in [0.717, 1.165) is 13.0 Å². The standard InChI is InChI=1S/C5H12N2/c1-4-5(6)2-3-7-4/h4-5,7H,2-3,6H2,1H3/t4-,5-/m1/s1. The normalized spacial score (nSPS) is 42.0. The molecule has 1 fully saturated rings. The average molecular weight is 100 g/mol. The van der Waals surface area contributed by atoms with Gasteiger partial charge in [0.1, 0.15) is 0 Å². The summed E-state index contributed by atoms with van der Waals surface area (Å²) in [6.07, 6.45) is 1.14. The molecular formula is C5H12N2. The Kier molecular flexibility index (Phi) is 1.30. The Morgan fingerprint density at radius 2 is 2.43 bits per heavy atom. The number of nitrogens with one attached hydrogen (secondary N) is 1. The Labute approximate surface area is 44.1 Å². The van der Waals surface area contributed by atoms with Crippen molar-refractivity contribution in [3.05, 3.63) is 0 Å². The molecule has 7 heavy (non-hydrogen) atoms. The molecule has 0 spiro atoms. The summed E-state index contributed by atoms with van der Waals surface area (Å²) in [5.74, 6) is 0. The van der Waals surface area contributed by atoms with Crippen LogP contribution in [0.25, 0.3) is 0 Å². The molecule has 1 aliphatic rings. The maximum atomic E-state index is 5.62. The van der Waals surface area contributed by atoms with Crippen LogP contribution in [0.3, 0.4) is 0 Å². The number of hydrogen-bond donors (Lipinski definition) is 2. The summed E-state index contributed by atoms with van der Waals surface area (Å²) >= 11 is 0. The van der Waals surface area contributed by atoms with Crippen molar-refractivity contribution in [3.63, 3.8) is 0 Å². The summed E-state index contributed by atoms with van der Waals surface area (Å²) in [5, 5.41) is 3.24. The van der Waals surface area contributed by atoms with E-state index in [-0.39, 0.29) is 0 Å². The number of nitrogens with two attached hydrogens (primary N) is 1. The second-order valence-corrected chi connectivity index (χ2v) is 2.20. The molecule has 0 aromatic heterocycles. The van der Waals surface area contributed by atoms with Gasteiger partial charge in [-0.05, 0) is 19.9 Å². The van der Waals surface area contributed by atoms with Crippen LogP contribution in [0.2, 0.25) is 0 Å². The molecule has 0 bridgehead atoms. The van der Waals surface area contributed by atoms with Crippen molar-refractivity contribution in [3.8, 4) is 0 Å². The second-order valence-electron chi connectivity index (χ2n) is 2.20. The first kappa shape index (κ1) is 5.06. The zero-order valence-electron chi connectivity index (χ0n) is 4.65. The van der Waals surface area contributed by atoms with Crippen LogP contribution in [0.4, 0.5) is 0 Å². The van der Waals surface area contributed by atoms with E-state index in [9.17, 15) is 0 Å². The topological polar surface area (TPSA) is 38.0 Å². The third-order valence-corrected chi connectivity index (χ3v) is 1.59. The minimum atomic E-state index is 0.403. The zero-order valence-corrected chi connectivity index (χ0v) is 4.65. The molecule has 2 heteroatoms. The average Bonchev–Trinajstić information content (AvgIpc) is 1.91. The molecule has 0 radical (unpaired) electrons. The van der Waals surface area contributed by atoms with Crippen LogP contribution in [0, 0.1) is 0 Å². The Balaban J connectivity index is 2.33. The maximum absolute atomic E-state index is 5.62. The summed E-state index contributed by atoms with van der Waals surface area (Å²) in [5.41, 5.74) is 5.62. The summed E-state index contributed by atoms with van der Waals surface area (Å²) in [4.78, 5) is 0. The van der Waals surface area contributed by atoms with Gasteiger partial charge < -0.3 is 11.1 Å². The first-order valence-electron chi connectivity index (χ1n) is 2.79. The highest BCUT2D eigenvalue weighted by atomic mass is 15.0. The van der Waals surface area contributed by atoms with E-state index in [0.29, 0.717) is 12.1 Å². The molecule has 1 heterocycles. The molecule has 2 atom stereocenters. The van der Waals surface area contributed by atoms with Crippen molar-refractivity contribution in [2.24, 2.45) is 5.73 Å². The Hall–Kier alpha value is -0.0800. The number of hydrogen-bond acceptors (Lipinski definition) is 2. The molecule has 0 unspecified atom stereocenters. The van der Waals surface area contributed by atoms with Crippen LogP contribution < -0.4 is 11.1 Å². The first-order valence-corrected chi connectivity index (χ1v) is 2.79. The molecule has 1 rings (SSSR count). The van der Waals surface area contributed by atoms with Crippen molar-refractivity contribution in [2.45, 2.75) is 25.4 Å². The van der Waals surface area contributed by atoms with Crippen LogP contribution in [0.5, 0.6) is 0 Å². The Morgan fingerprint density at radius 1 is 1.71 bits per heavy atom. The molecule has 3 N–H and O–H groups in total. The van der Waals surface area contributed by atoms with Crippen LogP contribution in [-0.4, -0.2) is 18.6 Å². The van der Waals surface area contributed by atoms with Gasteiger partial charge in [0.2, 0.25) is 0 Å². The molecule has 0 aromatic rings. The minimum Gasteiger partial charge on any atom is -0.326 e. The molecule has 0 aromatic carbocycles. The van der Waals surface area contributed by atoms with Gasteiger partial charge in [0.25, 0.3) is 0 Å². The minimum absolute atomic E-state index is 0.403. The van der Waals surface area contributed by atoms with Gasteiger partial charge in [-0.25, -0.2) is 0 Å². The molecule has 2 nitrogen and oxygen atoms in total. The Morgan fingerprint density at radius 3 is 2.57 bits per heavy atom. The van der Waals surface area contributed by atoms with E-state index >= 15 is 0 Å². The monoisotopic (exact) mass is 100 g/mol. The fourth-order valence-electron chi connectivity index (χ4n) is 0.879. The molecular weight excluding hydrogens is 88.1 g/mol. The van der Waals surface area contributed by atoms with E-state index in [2.05, 4.69) is 12.2 Å². The van der Waals surface area contributed by atoms with E-state index < -0.39 is 0 Å². The van der Waals surface area contributed by atoms with Gasteiger partial charge in [0, 0.05) is 12.1 Å². The fourth-order valence-corrected chi connectivity index (χ4v) is 0.879. The van der Waals surface area contributed by atoms with Gasteiger partial charge in [-0.3, -0.25) is 0 Å². The highest BCUT2D eigenvalue weighted by Crippen LogP contribution is 2.00. The highest BCUT2D eigenvalue weighted by molar-refractivity contribution is 4.82. The van der Waals surface area contributed by atoms with Gasteiger partial charge in [0.05, 0.1) is 0 Å². The van der Waals surface area contributed by atoms with E-state index in [4.69, 9.17) is 5.73 Å². The van der Waals surface area contributed by atoms with Crippen LogP contribution in [0.1, 0.15) is 13.3 Å². The lowest BCUT2D eigenvalue weighted by atomic mass is 10.2. The van der Waals surface area contributed by atoms with Gasteiger partial charge >= 0.3 is 0 Å². The first-order chi connectivity index (χ1) is 3.30. The molecule has 1 aliphatic heterocycles. The quantitative estimate of drug-likeness (QED) is 0.438. The maximum Gasteiger partial charge on any atom is 0.0203 e. The van der Waals surface area contributed by atoms with Crippen LogP contribution >= 0.6 is 0 Å². The van der Waals surface area contributed by atoms with E-state index in [1.54, 1.807) is 0 Å². The van der Waals surface area contributed by atoms with E-state index in [1.807, 2.05) is 0 Å². The van der Waals surface area contributed by atoms with Crippen LogP contribution in [0.15, 0.2) is 0 Å². The predicted octanol–water partition coefficient (Wildman–Crippen LogP) is -0.305. The SMILES string of the molecule is C[C@H]1NCC[C@H]1N. The highest BCUT2D eigenvalue weighted by Gasteiger charge is 2.17. The van der Waals surface area contributed by atoms with Crippen molar-refractivity contribution in [2.75, 3.05) is 6.54 Å². The predicted molar refractivity (Wildman–Crippen MR) is 30.1 cm³/mol. The van der Waals surface area contributed by atoms with E-state index in [1.165, 1.54) is 0 Å². The van der Waals surface area contributed by atoms with Gasteiger partial charge in [-0.2, -0.15) is 0 Å². The fraction of sp³-hybridized carbons (Fsp3) is 1.00. The van der Waals surface area contributed by atoms with Crippen molar-refractivity contribution < 1.29 is 0 Å². The summed E-state index contributed by atoms with van der Waals surface area (Å²) in [6.45, 7) is 3.22. The third-order valence-electron chi connectivity index (χ3n) is 1.59. The van der Waals surface area contributed by atoms with Crippen molar-refractivity contribution in [1.82, 2.24) is 5.32 Å². The zero-order chi connectivity index (χ0) is 5.28. The van der Waals surface area contributed by atoms with Crippen LogP contribution in [-0.2, 0) is 0 Å². The molecule has 1 saturated heterocycles. The summed E-state index contributed by atoms with van der Waals surface area (Å²) in [7, 11) is 0. The number of rotatable bonds is 0. The molecule has 0 amide bonds. The lowest BCUT2D eigenvalue weighted by molar-refractivity contribution is 0.587. The smallest absolute Gasteiger partial charge is 0.0203 e.